The minimum Gasteiger partial charge on any atom is -0.322 e. The SMILES string of the molecule is CC(C)C(=O)N1CCCc2cc(NC(=O)c3ccc(C(F)(F)F)cc3)ccc21. The zero-order valence-electron chi connectivity index (χ0n) is 15.6. The van der Waals surface area contributed by atoms with Gasteiger partial charge in [0, 0.05) is 29.4 Å². The van der Waals surface area contributed by atoms with Crippen LogP contribution < -0.4 is 10.2 Å². The molecule has 0 saturated carbocycles. The number of nitrogens with zero attached hydrogens (tertiary/aromatic N) is 1. The first-order chi connectivity index (χ1) is 13.2. The van der Waals surface area contributed by atoms with Gasteiger partial charge in [0.1, 0.15) is 0 Å². The first-order valence-corrected chi connectivity index (χ1v) is 9.09. The van der Waals surface area contributed by atoms with Crippen LogP contribution in [0.3, 0.4) is 0 Å². The average Bonchev–Trinajstić information content (AvgIpc) is 2.66. The molecule has 4 nitrogen and oxygen atoms in total. The van der Waals surface area contributed by atoms with E-state index in [1.807, 2.05) is 19.9 Å². The van der Waals surface area contributed by atoms with E-state index in [1.54, 1.807) is 17.0 Å². The lowest BCUT2D eigenvalue weighted by Crippen LogP contribution is -2.38. The van der Waals surface area contributed by atoms with Crippen molar-refractivity contribution in [1.29, 1.82) is 0 Å². The highest BCUT2D eigenvalue weighted by molar-refractivity contribution is 6.04. The van der Waals surface area contributed by atoms with Crippen molar-refractivity contribution in [3.63, 3.8) is 0 Å². The van der Waals surface area contributed by atoms with Crippen LogP contribution in [0, 0.1) is 5.92 Å². The minimum atomic E-state index is -4.44. The summed E-state index contributed by atoms with van der Waals surface area (Å²) in [5.41, 5.74) is 1.69. The first kappa shape index (κ1) is 19.9. The molecule has 0 bridgehead atoms. The van der Waals surface area contributed by atoms with Gasteiger partial charge >= 0.3 is 6.18 Å². The lowest BCUT2D eigenvalue weighted by atomic mass is 9.99. The van der Waals surface area contributed by atoms with E-state index in [1.165, 1.54) is 0 Å². The molecule has 3 rings (SSSR count). The largest absolute Gasteiger partial charge is 0.416 e. The molecule has 0 radical (unpaired) electrons. The fraction of sp³-hybridized carbons (Fsp3) is 0.333. The summed E-state index contributed by atoms with van der Waals surface area (Å²) in [6.45, 7) is 4.38. The van der Waals surface area contributed by atoms with Gasteiger partial charge < -0.3 is 10.2 Å². The maximum absolute atomic E-state index is 12.6. The van der Waals surface area contributed by atoms with Gasteiger partial charge in [0.15, 0.2) is 0 Å². The molecular weight excluding hydrogens is 369 g/mol. The fourth-order valence-electron chi connectivity index (χ4n) is 3.23. The highest BCUT2D eigenvalue weighted by Crippen LogP contribution is 2.31. The Morgan fingerprint density at radius 1 is 1.07 bits per heavy atom. The van der Waals surface area contributed by atoms with E-state index < -0.39 is 17.6 Å². The topological polar surface area (TPSA) is 49.4 Å². The molecule has 1 aliphatic rings. The van der Waals surface area contributed by atoms with Crippen LogP contribution in [0.5, 0.6) is 0 Å². The lowest BCUT2D eigenvalue weighted by Gasteiger charge is -2.31. The van der Waals surface area contributed by atoms with E-state index in [0.29, 0.717) is 12.2 Å². The molecule has 2 aromatic rings. The number of halogens is 3. The maximum Gasteiger partial charge on any atom is 0.416 e. The second kappa shape index (κ2) is 7.66. The lowest BCUT2D eigenvalue weighted by molar-refractivity contribution is -0.137. The molecule has 7 heteroatoms. The molecule has 0 saturated heterocycles. The van der Waals surface area contributed by atoms with Crippen LogP contribution in [0.1, 0.15) is 41.8 Å². The highest BCUT2D eigenvalue weighted by atomic mass is 19.4. The van der Waals surface area contributed by atoms with E-state index in [9.17, 15) is 22.8 Å². The van der Waals surface area contributed by atoms with Crippen LogP contribution >= 0.6 is 0 Å². The van der Waals surface area contributed by atoms with Gasteiger partial charge in [-0.25, -0.2) is 0 Å². The summed E-state index contributed by atoms with van der Waals surface area (Å²) in [4.78, 5) is 26.5. The number of anilines is 2. The van der Waals surface area contributed by atoms with Crippen molar-refractivity contribution < 1.29 is 22.8 Å². The quantitative estimate of drug-likeness (QED) is 0.811. The number of alkyl halides is 3. The van der Waals surface area contributed by atoms with Crippen molar-refractivity contribution in [2.45, 2.75) is 32.9 Å². The number of carbonyl (C=O) groups excluding carboxylic acids is 2. The predicted octanol–water partition coefficient (Wildman–Crippen LogP) is 4.89. The van der Waals surface area contributed by atoms with E-state index in [-0.39, 0.29) is 17.4 Å². The van der Waals surface area contributed by atoms with E-state index in [2.05, 4.69) is 5.32 Å². The van der Waals surface area contributed by atoms with Gasteiger partial charge in [-0.3, -0.25) is 9.59 Å². The normalized spacial score (nSPS) is 14.0. The third-order valence-corrected chi connectivity index (χ3v) is 4.69. The summed E-state index contributed by atoms with van der Waals surface area (Å²) in [5, 5.41) is 2.71. The molecule has 2 aromatic carbocycles. The van der Waals surface area contributed by atoms with E-state index >= 15 is 0 Å². The minimum absolute atomic E-state index is 0.0579. The number of aryl methyl sites for hydroxylation is 1. The highest BCUT2D eigenvalue weighted by Gasteiger charge is 2.30. The summed E-state index contributed by atoms with van der Waals surface area (Å²) in [6.07, 6.45) is -2.81. The molecular formula is C21H21F3N2O2. The van der Waals surface area contributed by atoms with Crippen molar-refractivity contribution in [2.75, 3.05) is 16.8 Å². The van der Waals surface area contributed by atoms with Crippen molar-refractivity contribution in [1.82, 2.24) is 0 Å². The summed E-state index contributed by atoms with van der Waals surface area (Å²) < 4.78 is 37.9. The first-order valence-electron chi connectivity index (χ1n) is 9.09. The Morgan fingerprint density at radius 2 is 1.75 bits per heavy atom. The second-order valence-electron chi connectivity index (χ2n) is 7.12. The molecule has 0 aliphatic carbocycles. The van der Waals surface area contributed by atoms with Gasteiger partial charge in [-0.2, -0.15) is 13.2 Å². The summed E-state index contributed by atoms with van der Waals surface area (Å²) in [7, 11) is 0. The zero-order chi connectivity index (χ0) is 20.5. The predicted molar refractivity (Wildman–Crippen MR) is 101 cm³/mol. The second-order valence-corrected chi connectivity index (χ2v) is 7.12. The van der Waals surface area contributed by atoms with Crippen LogP contribution in [-0.4, -0.2) is 18.4 Å². The Bertz CT molecular complexity index is 890. The molecule has 0 spiro atoms. The van der Waals surface area contributed by atoms with Gasteiger partial charge in [0.05, 0.1) is 5.56 Å². The van der Waals surface area contributed by atoms with Crippen LogP contribution in [0.25, 0.3) is 0 Å². The zero-order valence-corrected chi connectivity index (χ0v) is 15.6. The monoisotopic (exact) mass is 390 g/mol. The van der Waals surface area contributed by atoms with Gasteiger partial charge in [0.2, 0.25) is 5.91 Å². The number of hydrogen-bond donors (Lipinski definition) is 1. The molecule has 1 N–H and O–H groups in total. The smallest absolute Gasteiger partial charge is 0.322 e. The Balaban J connectivity index is 1.77. The molecule has 28 heavy (non-hydrogen) atoms. The number of benzene rings is 2. The Labute approximate surface area is 161 Å². The van der Waals surface area contributed by atoms with Crippen LogP contribution in [-0.2, 0) is 17.4 Å². The average molecular weight is 390 g/mol. The van der Waals surface area contributed by atoms with E-state index in [0.717, 1.165) is 48.4 Å². The molecule has 148 valence electrons. The summed E-state index contributed by atoms with van der Waals surface area (Å²) in [5.74, 6) is -0.535. The Morgan fingerprint density at radius 3 is 2.36 bits per heavy atom. The number of hydrogen-bond acceptors (Lipinski definition) is 2. The van der Waals surface area contributed by atoms with Crippen LogP contribution in [0.2, 0.25) is 0 Å². The van der Waals surface area contributed by atoms with Gasteiger partial charge in [-0.05, 0) is 60.9 Å². The summed E-state index contributed by atoms with van der Waals surface area (Å²) in [6, 6.07) is 9.40. The van der Waals surface area contributed by atoms with Gasteiger partial charge in [-0.1, -0.05) is 13.8 Å². The number of nitrogens with one attached hydrogen (secondary N) is 1. The van der Waals surface area contributed by atoms with Crippen molar-refractivity contribution >= 4 is 23.2 Å². The van der Waals surface area contributed by atoms with Crippen LogP contribution in [0.15, 0.2) is 42.5 Å². The van der Waals surface area contributed by atoms with Gasteiger partial charge in [0.25, 0.3) is 5.91 Å². The number of carbonyl (C=O) groups is 2. The van der Waals surface area contributed by atoms with Crippen molar-refractivity contribution in [2.24, 2.45) is 5.92 Å². The molecule has 2 amide bonds. The van der Waals surface area contributed by atoms with Crippen molar-refractivity contribution in [3.05, 3.63) is 59.2 Å². The fourth-order valence-corrected chi connectivity index (χ4v) is 3.23. The summed E-state index contributed by atoms with van der Waals surface area (Å²) >= 11 is 0. The molecule has 0 unspecified atom stereocenters. The molecule has 0 aromatic heterocycles. The molecule has 1 heterocycles. The van der Waals surface area contributed by atoms with E-state index in [4.69, 9.17) is 0 Å². The Kier molecular flexibility index (Phi) is 5.45. The Hall–Kier alpha value is -2.83. The molecule has 0 fully saturated rings. The third-order valence-electron chi connectivity index (χ3n) is 4.69. The molecule has 0 atom stereocenters. The number of rotatable bonds is 3. The number of fused-ring (bicyclic) bond motifs is 1. The maximum atomic E-state index is 12.6. The van der Waals surface area contributed by atoms with Crippen molar-refractivity contribution in [3.8, 4) is 0 Å². The standard InChI is InChI=1S/C21H21F3N2O2/c1-13(2)20(28)26-11-3-4-15-12-17(9-10-18(15)26)25-19(27)14-5-7-16(8-6-14)21(22,23)24/h5-10,12-13H,3-4,11H2,1-2H3,(H,25,27). The van der Waals surface area contributed by atoms with Gasteiger partial charge in [-0.15, -0.1) is 0 Å². The molecule has 1 aliphatic heterocycles. The van der Waals surface area contributed by atoms with Crippen LogP contribution in [0.4, 0.5) is 24.5 Å². The number of amides is 2. The third kappa shape index (κ3) is 4.18.